The van der Waals surface area contributed by atoms with Crippen molar-refractivity contribution in [1.29, 1.82) is 0 Å². The van der Waals surface area contributed by atoms with Crippen LogP contribution in [-0.2, 0) is 13.0 Å². The van der Waals surface area contributed by atoms with Gasteiger partial charge >= 0.3 is 0 Å². The first kappa shape index (κ1) is 16.0. The van der Waals surface area contributed by atoms with Crippen molar-refractivity contribution in [3.05, 3.63) is 47.7 Å². The van der Waals surface area contributed by atoms with E-state index in [1.807, 2.05) is 6.20 Å². The summed E-state index contributed by atoms with van der Waals surface area (Å²) < 4.78 is 5.39. The molecular formula is C20H24N4O2. The lowest BCUT2D eigenvalue weighted by molar-refractivity contribution is -0.0372. The molecule has 0 spiro atoms. The Morgan fingerprint density at radius 3 is 3.12 bits per heavy atom. The van der Waals surface area contributed by atoms with Gasteiger partial charge in [0.2, 0.25) is 5.89 Å². The zero-order valence-electron chi connectivity index (χ0n) is 14.8. The molecule has 2 N–H and O–H groups in total. The van der Waals surface area contributed by atoms with Crippen LogP contribution in [0.5, 0.6) is 0 Å². The van der Waals surface area contributed by atoms with Crippen LogP contribution in [0.3, 0.4) is 0 Å². The van der Waals surface area contributed by atoms with Gasteiger partial charge in [0.05, 0.1) is 12.0 Å². The van der Waals surface area contributed by atoms with E-state index in [0.29, 0.717) is 24.8 Å². The van der Waals surface area contributed by atoms with E-state index in [-0.39, 0.29) is 0 Å². The van der Waals surface area contributed by atoms with E-state index in [0.717, 1.165) is 44.6 Å². The minimum atomic E-state index is -0.796. The Morgan fingerprint density at radius 1 is 1.31 bits per heavy atom. The zero-order chi connectivity index (χ0) is 17.6. The second kappa shape index (κ2) is 6.21. The molecule has 2 fully saturated rings. The Labute approximate surface area is 152 Å². The Bertz CT molecular complexity index is 913. The molecule has 1 aliphatic carbocycles. The van der Waals surface area contributed by atoms with E-state index in [1.165, 1.54) is 16.5 Å². The number of benzene rings is 1. The highest BCUT2D eigenvalue weighted by Crippen LogP contribution is 2.38. The zero-order valence-corrected chi connectivity index (χ0v) is 14.8. The van der Waals surface area contributed by atoms with Gasteiger partial charge in [-0.25, -0.2) is 0 Å². The highest BCUT2D eigenvalue weighted by Gasteiger charge is 2.36. The van der Waals surface area contributed by atoms with Crippen LogP contribution in [0.2, 0.25) is 0 Å². The van der Waals surface area contributed by atoms with Crippen molar-refractivity contribution in [2.24, 2.45) is 0 Å². The number of piperidine rings is 1. The number of hydrogen-bond acceptors (Lipinski definition) is 5. The predicted octanol–water partition coefficient (Wildman–Crippen LogP) is 3.00. The lowest BCUT2D eigenvalue weighted by atomic mass is 9.89. The molecule has 3 heterocycles. The van der Waals surface area contributed by atoms with E-state index in [2.05, 4.69) is 44.3 Å². The fourth-order valence-corrected chi connectivity index (χ4v) is 4.14. The van der Waals surface area contributed by atoms with Crippen LogP contribution in [0, 0.1) is 0 Å². The van der Waals surface area contributed by atoms with Crippen molar-refractivity contribution in [3.8, 4) is 0 Å². The number of aliphatic hydroxyl groups is 1. The third-order valence-corrected chi connectivity index (χ3v) is 5.61. The van der Waals surface area contributed by atoms with Crippen LogP contribution >= 0.6 is 0 Å². The van der Waals surface area contributed by atoms with E-state index < -0.39 is 5.60 Å². The molecular weight excluding hydrogens is 328 g/mol. The molecule has 5 rings (SSSR count). The number of aromatic amines is 1. The predicted molar refractivity (Wildman–Crippen MR) is 97.7 cm³/mol. The number of para-hydroxylation sites is 1. The molecule has 1 saturated heterocycles. The molecule has 1 atom stereocenters. The quantitative estimate of drug-likeness (QED) is 0.738. The topological polar surface area (TPSA) is 78.2 Å². The molecule has 1 saturated carbocycles. The average Bonchev–Trinajstić information content (AvgIpc) is 3.17. The van der Waals surface area contributed by atoms with Gasteiger partial charge in [0, 0.05) is 30.7 Å². The first-order valence-corrected chi connectivity index (χ1v) is 9.51. The number of aromatic nitrogens is 3. The molecule has 0 bridgehead atoms. The molecule has 6 nitrogen and oxygen atoms in total. The Morgan fingerprint density at radius 2 is 2.23 bits per heavy atom. The minimum Gasteiger partial charge on any atom is -0.388 e. The third-order valence-electron chi connectivity index (χ3n) is 5.61. The molecule has 6 heteroatoms. The number of rotatable bonds is 5. The van der Waals surface area contributed by atoms with Gasteiger partial charge in [-0.3, -0.25) is 4.90 Å². The largest absolute Gasteiger partial charge is 0.388 e. The van der Waals surface area contributed by atoms with Crippen LogP contribution in [0.4, 0.5) is 0 Å². The average molecular weight is 352 g/mol. The van der Waals surface area contributed by atoms with Crippen molar-refractivity contribution in [2.45, 2.75) is 50.2 Å². The fraction of sp³-hybridized carbons (Fsp3) is 0.500. The Hall–Kier alpha value is -2.18. The summed E-state index contributed by atoms with van der Waals surface area (Å²) in [5.41, 5.74) is 1.66. The van der Waals surface area contributed by atoms with Gasteiger partial charge in [-0.15, -0.1) is 0 Å². The molecule has 0 amide bonds. The number of H-pyrrole nitrogens is 1. The number of hydrogen-bond donors (Lipinski definition) is 2. The number of likely N-dealkylation sites (tertiary alicyclic amines) is 1. The van der Waals surface area contributed by atoms with Gasteiger partial charge in [0.1, 0.15) is 0 Å². The third kappa shape index (κ3) is 3.15. The highest BCUT2D eigenvalue weighted by atomic mass is 16.5. The van der Waals surface area contributed by atoms with Gasteiger partial charge in [-0.05, 0) is 49.2 Å². The normalized spacial score (nSPS) is 24.3. The fourth-order valence-electron chi connectivity index (χ4n) is 4.14. The lowest BCUT2D eigenvalue weighted by Gasteiger charge is -2.38. The van der Waals surface area contributed by atoms with Gasteiger partial charge in [-0.2, -0.15) is 4.98 Å². The Balaban J connectivity index is 1.29. The number of nitrogens with zero attached hydrogens (tertiary/aromatic N) is 3. The molecule has 2 aliphatic rings. The van der Waals surface area contributed by atoms with Crippen LogP contribution < -0.4 is 0 Å². The van der Waals surface area contributed by atoms with Gasteiger partial charge in [0.25, 0.3) is 0 Å². The lowest BCUT2D eigenvalue weighted by Crippen LogP contribution is -2.49. The molecule has 1 aliphatic heterocycles. The smallest absolute Gasteiger partial charge is 0.229 e. The van der Waals surface area contributed by atoms with Crippen molar-refractivity contribution in [1.82, 2.24) is 20.0 Å². The summed E-state index contributed by atoms with van der Waals surface area (Å²) in [5, 5.41) is 16.4. The summed E-state index contributed by atoms with van der Waals surface area (Å²) in [4.78, 5) is 10.2. The van der Waals surface area contributed by atoms with E-state index in [9.17, 15) is 5.11 Å². The van der Waals surface area contributed by atoms with Crippen LogP contribution in [0.25, 0.3) is 10.9 Å². The van der Waals surface area contributed by atoms with Gasteiger partial charge in [-0.1, -0.05) is 23.4 Å². The first-order valence-electron chi connectivity index (χ1n) is 9.51. The minimum absolute atomic E-state index is 0.440. The highest BCUT2D eigenvalue weighted by molar-refractivity contribution is 5.82. The summed E-state index contributed by atoms with van der Waals surface area (Å²) >= 11 is 0. The second-order valence-electron chi connectivity index (χ2n) is 7.89. The number of nitrogens with one attached hydrogen (secondary N) is 1. The summed E-state index contributed by atoms with van der Waals surface area (Å²) in [6.07, 6.45) is 6.48. The molecule has 1 aromatic carbocycles. The van der Waals surface area contributed by atoms with Crippen LogP contribution in [0.15, 0.2) is 35.0 Å². The Kier molecular flexibility index (Phi) is 3.83. The maximum Gasteiger partial charge on any atom is 0.229 e. The summed E-state index contributed by atoms with van der Waals surface area (Å²) in [5.74, 6) is 1.86. The SMILES string of the molecule is OC1(Cc2nc(C3CC3)no2)CCCN(Cc2cccc3cc[nH]c23)C1. The molecule has 0 radical (unpaired) electrons. The summed E-state index contributed by atoms with van der Waals surface area (Å²) in [7, 11) is 0. The van der Waals surface area contributed by atoms with E-state index >= 15 is 0 Å². The number of fused-ring (bicyclic) bond motifs is 1. The molecule has 1 unspecified atom stereocenters. The van der Waals surface area contributed by atoms with Crippen molar-refractivity contribution < 1.29 is 9.63 Å². The van der Waals surface area contributed by atoms with Gasteiger partial charge < -0.3 is 14.6 Å². The van der Waals surface area contributed by atoms with Crippen molar-refractivity contribution in [3.63, 3.8) is 0 Å². The van der Waals surface area contributed by atoms with E-state index in [1.54, 1.807) is 0 Å². The van der Waals surface area contributed by atoms with Gasteiger partial charge in [0.15, 0.2) is 5.82 Å². The maximum atomic E-state index is 11.1. The standard InChI is InChI=1S/C20H24N4O2/c25-20(11-17-22-19(23-26-17)15-5-6-15)8-2-10-24(13-20)12-16-4-1-3-14-7-9-21-18(14)16/h1,3-4,7,9,15,21,25H,2,5-6,8,10-13H2. The molecule has 2 aromatic heterocycles. The van der Waals surface area contributed by atoms with E-state index in [4.69, 9.17) is 4.52 Å². The number of β-amino-alcohol motifs (C(OH)–C–C–N with tert-alkyl or cyclic N) is 1. The monoisotopic (exact) mass is 352 g/mol. The molecule has 26 heavy (non-hydrogen) atoms. The molecule has 136 valence electrons. The van der Waals surface area contributed by atoms with Crippen LogP contribution in [0.1, 0.15) is 48.9 Å². The van der Waals surface area contributed by atoms with Crippen molar-refractivity contribution >= 4 is 10.9 Å². The molecule has 3 aromatic rings. The van der Waals surface area contributed by atoms with Crippen LogP contribution in [-0.4, -0.2) is 43.8 Å². The summed E-state index contributed by atoms with van der Waals surface area (Å²) in [6.45, 7) is 2.46. The maximum absolute atomic E-state index is 11.1. The second-order valence-corrected chi connectivity index (χ2v) is 7.89. The summed E-state index contributed by atoms with van der Waals surface area (Å²) in [6, 6.07) is 8.47. The van der Waals surface area contributed by atoms with Crippen molar-refractivity contribution in [2.75, 3.05) is 13.1 Å². The first-order chi connectivity index (χ1) is 12.7.